The fraction of sp³-hybridized carbons (Fsp3) is 0. The number of nitrogens with one attached hydrogen (secondary N) is 1. The number of carbonyl (C=O) groups is 1. The summed E-state index contributed by atoms with van der Waals surface area (Å²) in [6, 6.07) is 11.1. The summed E-state index contributed by atoms with van der Waals surface area (Å²) in [7, 11) is 0. The molecule has 2 aromatic rings. The molecule has 3 N–H and O–H groups in total. The summed E-state index contributed by atoms with van der Waals surface area (Å²) in [5.41, 5.74) is 7.66. The lowest BCUT2D eigenvalue weighted by atomic mass is 10.1. The molecular formula is C11H10N2O. The van der Waals surface area contributed by atoms with E-state index in [4.69, 9.17) is 5.73 Å². The number of hydrogen-bond donors (Lipinski definition) is 2. The number of amides is 1. The molecule has 1 aromatic heterocycles. The Bertz CT molecular complexity index is 446. The van der Waals surface area contributed by atoms with Gasteiger partial charge in [-0.3, -0.25) is 4.79 Å². The largest absolute Gasteiger partial charge is 0.366 e. The molecule has 0 aliphatic rings. The molecule has 3 nitrogen and oxygen atoms in total. The number of benzene rings is 1. The number of H-pyrrole nitrogens is 1. The fourth-order valence-corrected chi connectivity index (χ4v) is 1.35. The van der Waals surface area contributed by atoms with Crippen molar-refractivity contribution in [3.05, 3.63) is 48.2 Å². The minimum atomic E-state index is -0.404. The van der Waals surface area contributed by atoms with Crippen LogP contribution in [0.2, 0.25) is 0 Å². The highest BCUT2D eigenvalue weighted by molar-refractivity contribution is 5.93. The molecule has 3 heteroatoms. The SMILES string of the molecule is NC(=O)c1cccc(-c2ccc[nH]2)c1. The van der Waals surface area contributed by atoms with Crippen molar-refractivity contribution in [3.63, 3.8) is 0 Å². The topological polar surface area (TPSA) is 58.9 Å². The van der Waals surface area contributed by atoms with Gasteiger partial charge in [0.05, 0.1) is 0 Å². The van der Waals surface area contributed by atoms with Gasteiger partial charge in [-0.25, -0.2) is 0 Å². The zero-order valence-electron chi connectivity index (χ0n) is 7.53. The third kappa shape index (κ3) is 1.52. The van der Waals surface area contributed by atoms with E-state index in [-0.39, 0.29) is 0 Å². The van der Waals surface area contributed by atoms with Gasteiger partial charge in [0.25, 0.3) is 0 Å². The van der Waals surface area contributed by atoms with E-state index in [1.807, 2.05) is 30.5 Å². The molecule has 0 bridgehead atoms. The molecule has 0 radical (unpaired) electrons. The number of hydrogen-bond acceptors (Lipinski definition) is 1. The van der Waals surface area contributed by atoms with Crippen LogP contribution in [-0.2, 0) is 0 Å². The Labute approximate surface area is 81.6 Å². The third-order valence-electron chi connectivity index (χ3n) is 2.06. The van der Waals surface area contributed by atoms with Crippen LogP contribution in [0.1, 0.15) is 10.4 Å². The summed E-state index contributed by atoms with van der Waals surface area (Å²) in [6.07, 6.45) is 1.84. The number of rotatable bonds is 2. The second kappa shape index (κ2) is 3.38. The van der Waals surface area contributed by atoms with E-state index in [1.54, 1.807) is 12.1 Å². The van der Waals surface area contributed by atoms with Gasteiger partial charge in [0.1, 0.15) is 0 Å². The molecule has 14 heavy (non-hydrogen) atoms. The average Bonchev–Trinajstić information content (AvgIpc) is 2.71. The lowest BCUT2D eigenvalue weighted by Gasteiger charge is -2.00. The van der Waals surface area contributed by atoms with Crippen molar-refractivity contribution in [2.75, 3.05) is 0 Å². The van der Waals surface area contributed by atoms with Crippen LogP contribution in [0.15, 0.2) is 42.6 Å². The molecular weight excluding hydrogens is 176 g/mol. The number of aromatic amines is 1. The summed E-state index contributed by atoms with van der Waals surface area (Å²) in [4.78, 5) is 14.0. The van der Waals surface area contributed by atoms with E-state index < -0.39 is 5.91 Å². The molecule has 1 heterocycles. The van der Waals surface area contributed by atoms with Crippen LogP contribution in [0, 0.1) is 0 Å². The standard InChI is InChI=1S/C11H10N2O/c12-11(14)9-4-1-3-8(7-9)10-5-2-6-13-10/h1-7,13H,(H2,12,14). The fourth-order valence-electron chi connectivity index (χ4n) is 1.35. The van der Waals surface area contributed by atoms with Crippen LogP contribution in [0.25, 0.3) is 11.3 Å². The van der Waals surface area contributed by atoms with E-state index in [2.05, 4.69) is 4.98 Å². The summed E-state index contributed by atoms with van der Waals surface area (Å²) in [5.74, 6) is -0.404. The minimum Gasteiger partial charge on any atom is -0.366 e. The van der Waals surface area contributed by atoms with E-state index in [0.717, 1.165) is 11.3 Å². The Morgan fingerprint density at radius 3 is 2.71 bits per heavy atom. The first-order valence-corrected chi connectivity index (χ1v) is 4.31. The Morgan fingerprint density at radius 1 is 1.21 bits per heavy atom. The van der Waals surface area contributed by atoms with Gasteiger partial charge in [-0.05, 0) is 29.8 Å². The maximum absolute atomic E-state index is 10.9. The van der Waals surface area contributed by atoms with Crippen LogP contribution in [0.5, 0.6) is 0 Å². The Morgan fingerprint density at radius 2 is 2.07 bits per heavy atom. The molecule has 70 valence electrons. The summed E-state index contributed by atoms with van der Waals surface area (Å²) >= 11 is 0. The molecule has 0 spiro atoms. The lowest BCUT2D eigenvalue weighted by molar-refractivity contribution is 0.100. The summed E-state index contributed by atoms with van der Waals surface area (Å²) in [5, 5.41) is 0. The van der Waals surface area contributed by atoms with Crippen molar-refractivity contribution < 1.29 is 4.79 Å². The maximum atomic E-state index is 10.9. The minimum absolute atomic E-state index is 0.404. The number of carbonyl (C=O) groups excluding carboxylic acids is 1. The van der Waals surface area contributed by atoms with Crippen LogP contribution in [0.3, 0.4) is 0 Å². The molecule has 2 rings (SSSR count). The predicted molar refractivity (Wildman–Crippen MR) is 54.7 cm³/mol. The first-order chi connectivity index (χ1) is 6.77. The van der Waals surface area contributed by atoms with E-state index in [0.29, 0.717) is 5.56 Å². The molecule has 1 aromatic carbocycles. The smallest absolute Gasteiger partial charge is 0.248 e. The monoisotopic (exact) mass is 186 g/mol. The van der Waals surface area contributed by atoms with Gasteiger partial charge in [0.15, 0.2) is 0 Å². The normalized spacial score (nSPS) is 10.0. The average molecular weight is 186 g/mol. The zero-order valence-corrected chi connectivity index (χ0v) is 7.53. The first-order valence-electron chi connectivity index (χ1n) is 4.31. The van der Waals surface area contributed by atoms with Crippen LogP contribution < -0.4 is 5.73 Å². The van der Waals surface area contributed by atoms with Gasteiger partial charge >= 0.3 is 0 Å². The van der Waals surface area contributed by atoms with Gasteiger partial charge in [-0.1, -0.05) is 12.1 Å². The van der Waals surface area contributed by atoms with E-state index in [9.17, 15) is 4.79 Å². The summed E-state index contributed by atoms with van der Waals surface area (Å²) in [6.45, 7) is 0. The van der Waals surface area contributed by atoms with E-state index in [1.165, 1.54) is 0 Å². The second-order valence-corrected chi connectivity index (χ2v) is 3.03. The molecule has 1 amide bonds. The Kier molecular flexibility index (Phi) is 2.07. The molecule has 0 aliphatic carbocycles. The number of aromatic nitrogens is 1. The summed E-state index contributed by atoms with van der Waals surface area (Å²) < 4.78 is 0. The second-order valence-electron chi connectivity index (χ2n) is 3.03. The zero-order chi connectivity index (χ0) is 9.97. The van der Waals surface area contributed by atoms with Gasteiger partial charge in [-0.2, -0.15) is 0 Å². The van der Waals surface area contributed by atoms with Crippen molar-refractivity contribution in [3.8, 4) is 11.3 Å². The van der Waals surface area contributed by atoms with Crippen molar-refractivity contribution in [2.45, 2.75) is 0 Å². The molecule has 0 fully saturated rings. The quantitative estimate of drug-likeness (QED) is 0.737. The number of primary amides is 1. The van der Waals surface area contributed by atoms with Crippen molar-refractivity contribution in [1.82, 2.24) is 4.98 Å². The van der Waals surface area contributed by atoms with Crippen molar-refractivity contribution >= 4 is 5.91 Å². The molecule has 0 atom stereocenters. The highest BCUT2D eigenvalue weighted by Gasteiger charge is 2.02. The maximum Gasteiger partial charge on any atom is 0.248 e. The molecule has 0 saturated carbocycles. The third-order valence-corrected chi connectivity index (χ3v) is 2.06. The highest BCUT2D eigenvalue weighted by Crippen LogP contribution is 2.17. The highest BCUT2D eigenvalue weighted by atomic mass is 16.1. The van der Waals surface area contributed by atoms with Crippen LogP contribution in [-0.4, -0.2) is 10.9 Å². The number of nitrogens with two attached hydrogens (primary N) is 1. The molecule has 0 aliphatic heterocycles. The van der Waals surface area contributed by atoms with Crippen molar-refractivity contribution in [2.24, 2.45) is 5.73 Å². The van der Waals surface area contributed by atoms with Gasteiger partial charge in [-0.15, -0.1) is 0 Å². The molecule has 0 unspecified atom stereocenters. The van der Waals surface area contributed by atoms with Crippen LogP contribution >= 0.6 is 0 Å². The van der Waals surface area contributed by atoms with Gasteiger partial charge in [0, 0.05) is 17.5 Å². The molecule has 0 saturated heterocycles. The predicted octanol–water partition coefficient (Wildman–Crippen LogP) is 1.78. The van der Waals surface area contributed by atoms with Gasteiger partial charge < -0.3 is 10.7 Å². The van der Waals surface area contributed by atoms with Gasteiger partial charge in [0.2, 0.25) is 5.91 Å². The Balaban J connectivity index is 2.46. The Hall–Kier alpha value is -2.03. The first kappa shape index (κ1) is 8.56. The van der Waals surface area contributed by atoms with E-state index >= 15 is 0 Å². The van der Waals surface area contributed by atoms with Crippen molar-refractivity contribution in [1.29, 1.82) is 0 Å². The van der Waals surface area contributed by atoms with Crippen LogP contribution in [0.4, 0.5) is 0 Å². The lowest BCUT2D eigenvalue weighted by Crippen LogP contribution is -2.10.